The first-order valence-corrected chi connectivity index (χ1v) is 11.5. The Morgan fingerprint density at radius 3 is 2.64 bits per heavy atom. The van der Waals surface area contributed by atoms with Crippen LogP contribution in [0.15, 0.2) is 66.7 Å². The molecule has 1 N–H and O–H groups in total. The van der Waals surface area contributed by atoms with E-state index in [0.717, 1.165) is 41.1 Å². The van der Waals surface area contributed by atoms with Crippen molar-refractivity contribution in [3.63, 3.8) is 0 Å². The fourth-order valence-electron chi connectivity index (χ4n) is 3.87. The van der Waals surface area contributed by atoms with Crippen LogP contribution in [0.25, 0.3) is 11.0 Å². The molecule has 1 aromatic heterocycles. The number of carbonyl (C=O) groups is 1. The van der Waals surface area contributed by atoms with Crippen molar-refractivity contribution < 1.29 is 9.53 Å². The first-order chi connectivity index (χ1) is 15.9. The monoisotopic (exact) mass is 461 g/mol. The number of aryl methyl sites for hydroxylation is 3. The maximum absolute atomic E-state index is 12.7. The second-order valence-electron chi connectivity index (χ2n) is 8.28. The maximum atomic E-state index is 12.7. The lowest BCUT2D eigenvalue weighted by atomic mass is 10.1. The molecule has 170 valence electrons. The average Bonchev–Trinajstić information content (AvgIpc) is 3.18. The van der Waals surface area contributed by atoms with E-state index in [-0.39, 0.29) is 11.9 Å². The number of para-hydroxylation sites is 2. The number of imidazole rings is 1. The van der Waals surface area contributed by atoms with Crippen LogP contribution >= 0.6 is 11.6 Å². The van der Waals surface area contributed by atoms with Crippen molar-refractivity contribution in [2.24, 2.45) is 0 Å². The van der Waals surface area contributed by atoms with Gasteiger partial charge in [0.25, 0.3) is 5.91 Å². The lowest BCUT2D eigenvalue weighted by molar-refractivity contribution is 0.0937. The van der Waals surface area contributed by atoms with E-state index in [9.17, 15) is 4.79 Å². The molecule has 6 heteroatoms. The topological polar surface area (TPSA) is 56.1 Å². The van der Waals surface area contributed by atoms with Crippen LogP contribution in [0.2, 0.25) is 5.02 Å². The van der Waals surface area contributed by atoms with Crippen molar-refractivity contribution in [3.05, 3.63) is 94.3 Å². The fraction of sp³-hybridized carbons (Fsp3) is 0.259. The Bertz CT molecular complexity index is 1260. The molecule has 0 saturated heterocycles. The van der Waals surface area contributed by atoms with Crippen molar-refractivity contribution in [1.29, 1.82) is 0 Å². The molecular formula is C27H28ClN3O2. The van der Waals surface area contributed by atoms with Gasteiger partial charge in [-0.3, -0.25) is 4.79 Å². The molecule has 1 unspecified atom stereocenters. The van der Waals surface area contributed by atoms with Crippen molar-refractivity contribution in [3.8, 4) is 5.75 Å². The number of hydrogen-bond acceptors (Lipinski definition) is 3. The Morgan fingerprint density at radius 2 is 1.85 bits per heavy atom. The Kier molecular flexibility index (Phi) is 6.99. The van der Waals surface area contributed by atoms with Gasteiger partial charge in [0.1, 0.15) is 11.6 Å². The van der Waals surface area contributed by atoms with Gasteiger partial charge >= 0.3 is 0 Å². The van der Waals surface area contributed by atoms with E-state index in [0.29, 0.717) is 17.2 Å². The normalized spacial score (nSPS) is 12.0. The highest BCUT2D eigenvalue weighted by molar-refractivity contribution is 6.30. The minimum absolute atomic E-state index is 0.156. The summed E-state index contributed by atoms with van der Waals surface area (Å²) in [7, 11) is 0. The number of ether oxygens (including phenoxy) is 1. The Morgan fingerprint density at radius 1 is 1.09 bits per heavy atom. The molecule has 0 aliphatic rings. The van der Waals surface area contributed by atoms with Gasteiger partial charge in [-0.05, 0) is 80.8 Å². The third-order valence-electron chi connectivity index (χ3n) is 5.65. The lowest BCUT2D eigenvalue weighted by Gasteiger charge is -2.17. The van der Waals surface area contributed by atoms with Gasteiger partial charge in [0, 0.05) is 17.1 Å². The van der Waals surface area contributed by atoms with E-state index in [1.165, 1.54) is 5.56 Å². The van der Waals surface area contributed by atoms with Gasteiger partial charge in [0.15, 0.2) is 0 Å². The summed E-state index contributed by atoms with van der Waals surface area (Å²) in [5.74, 6) is 1.59. The molecule has 0 fully saturated rings. The van der Waals surface area contributed by atoms with E-state index in [4.69, 9.17) is 21.3 Å². The van der Waals surface area contributed by atoms with Gasteiger partial charge in [-0.25, -0.2) is 4.98 Å². The SMILES string of the molecule is Cc1ccc(C)c(OCCCn2c(C(C)NC(=O)c3ccc(Cl)cc3)nc3ccccc32)c1. The lowest BCUT2D eigenvalue weighted by Crippen LogP contribution is -2.28. The van der Waals surface area contributed by atoms with Crippen molar-refractivity contribution >= 4 is 28.5 Å². The van der Waals surface area contributed by atoms with E-state index in [2.05, 4.69) is 48.0 Å². The molecule has 0 saturated carbocycles. The zero-order valence-electron chi connectivity index (χ0n) is 19.1. The summed E-state index contributed by atoms with van der Waals surface area (Å²) >= 11 is 5.94. The van der Waals surface area contributed by atoms with Crippen LogP contribution in [0.1, 0.15) is 46.7 Å². The summed E-state index contributed by atoms with van der Waals surface area (Å²) < 4.78 is 8.22. The number of nitrogens with one attached hydrogen (secondary N) is 1. The van der Waals surface area contributed by atoms with Crippen LogP contribution in [0.5, 0.6) is 5.75 Å². The minimum Gasteiger partial charge on any atom is -0.493 e. The summed E-state index contributed by atoms with van der Waals surface area (Å²) in [4.78, 5) is 17.6. The van der Waals surface area contributed by atoms with Crippen LogP contribution < -0.4 is 10.1 Å². The first kappa shape index (κ1) is 22.9. The zero-order valence-corrected chi connectivity index (χ0v) is 19.9. The molecule has 0 radical (unpaired) electrons. The van der Waals surface area contributed by atoms with Crippen LogP contribution in [-0.2, 0) is 6.54 Å². The summed E-state index contributed by atoms with van der Waals surface area (Å²) in [6, 6.07) is 20.9. The van der Waals surface area contributed by atoms with Crippen molar-refractivity contribution in [2.75, 3.05) is 6.61 Å². The van der Waals surface area contributed by atoms with Gasteiger partial charge in [-0.1, -0.05) is 35.9 Å². The largest absolute Gasteiger partial charge is 0.493 e. The molecular weight excluding hydrogens is 434 g/mol. The number of benzene rings is 3. The van der Waals surface area contributed by atoms with Gasteiger partial charge in [0.05, 0.1) is 23.7 Å². The molecule has 1 heterocycles. The van der Waals surface area contributed by atoms with Crippen molar-refractivity contribution in [2.45, 2.75) is 39.8 Å². The second kappa shape index (κ2) is 10.1. The highest BCUT2D eigenvalue weighted by Gasteiger charge is 2.19. The second-order valence-corrected chi connectivity index (χ2v) is 8.72. The first-order valence-electron chi connectivity index (χ1n) is 11.1. The molecule has 33 heavy (non-hydrogen) atoms. The van der Waals surface area contributed by atoms with E-state index in [1.54, 1.807) is 24.3 Å². The Balaban J connectivity index is 1.48. The van der Waals surface area contributed by atoms with Crippen LogP contribution in [0.3, 0.4) is 0 Å². The molecule has 4 rings (SSSR count). The number of nitrogens with zero attached hydrogens (tertiary/aromatic N) is 2. The molecule has 3 aromatic carbocycles. The number of carbonyl (C=O) groups excluding carboxylic acids is 1. The van der Waals surface area contributed by atoms with Gasteiger partial charge in [0.2, 0.25) is 0 Å². The quantitative estimate of drug-likeness (QED) is 0.315. The molecule has 0 aliphatic carbocycles. The number of fused-ring (bicyclic) bond motifs is 1. The molecule has 0 bridgehead atoms. The number of rotatable bonds is 8. The molecule has 0 spiro atoms. The van der Waals surface area contributed by atoms with E-state index < -0.39 is 0 Å². The number of halogens is 1. The molecule has 1 amide bonds. The van der Waals surface area contributed by atoms with Crippen molar-refractivity contribution in [1.82, 2.24) is 14.9 Å². The van der Waals surface area contributed by atoms with E-state index >= 15 is 0 Å². The summed E-state index contributed by atoms with van der Waals surface area (Å²) in [5, 5.41) is 3.67. The van der Waals surface area contributed by atoms with Crippen LogP contribution in [0, 0.1) is 13.8 Å². The summed E-state index contributed by atoms with van der Waals surface area (Å²) in [6.45, 7) is 7.42. The van der Waals surface area contributed by atoms with Gasteiger partial charge < -0.3 is 14.6 Å². The predicted molar refractivity (Wildman–Crippen MR) is 133 cm³/mol. The maximum Gasteiger partial charge on any atom is 0.251 e. The molecule has 4 aromatic rings. The third kappa shape index (κ3) is 5.37. The zero-order chi connectivity index (χ0) is 23.4. The molecule has 5 nitrogen and oxygen atoms in total. The van der Waals surface area contributed by atoms with E-state index in [1.807, 2.05) is 25.1 Å². The smallest absolute Gasteiger partial charge is 0.251 e. The standard InChI is InChI=1S/C27H28ClN3O2/c1-18-9-10-19(2)25(17-18)33-16-6-15-31-24-8-5-4-7-23(24)30-26(31)20(3)29-27(32)21-11-13-22(28)14-12-21/h4-5,7-14,17,20H,6,15-16H2,1-3H3,(H,29,32). The summed E-state index contributed by atoms with van der Waals surface area (Å²) in [6.07, 6.45) is 0.818. The number of amides is 1. The van der Waals surface area contributed by atoms with Crippen LogP contribution in [-0.4, -0.2) is 22.1 Å². The number of hydrogen-bond donors (Lipinski definition) is 1. The fourth-order valence-corrected chi connectivity index (χ4v) is 4.00. The highest BCUT2D eigenvalue weighted by Crippen LogP contribution is 2.23. The average molecular weight is 462 g/mol. The Hall–Kier alpha value is -3.31. The predicted octanol–water partition coefficient (Wildman–Crippen LogP) is 6.27. The molecule has 1 atom stereocenters. The third-order valence-corrected chi connectivity index (χ3v) is 5.90. The molecule has 0 aliphatic heterocycles. The number of aromatic nitrogens is 2. The summed E-state index contributed by atoms with van der Waals surface area (Å²) in [5.41, 5.74) is 4.84. The Labute approximate surface area is 199 Å². The van der Waals surface area contributed by atoms with Crippen LogP contribution in [0.4, 0.5) is 0 Å². The highest BCUT2D eigenvalue weighted by atomic mass is 35.5. The van der Waals surface area contributed by atoms with Gasteiger partial charge in [-0.2, -0.15) is 0 Å². The van der Waals surface area contributed by atoms with Gasteiger partial charge in [-0.15, -0.1) is 0 Å². The minimum atomic E-state index is -0.263.